The van der Waals surface area contributed by atoms with Crippen LogP contribution >= 0.6 is 0 Å². The Morgan fingerprint density at radius 3 is 2.63 bits per heavy atom. The van der Waals surface area contributed by atoms with Gasteiger partial charge in [0.05, 0.1) is 12.1 Å². The van der Waals surface area contributed by atoms with Crippen LogP contribution in [0.1, 0.15) is 35.8 Å². The number of unbranched alkanes of at least 4 members (excludes halogenated alkanes) is 1. The molecule has 2 amide bonds. The number of amides is 2. The summed E-state index contributed by atoms with van der Waals surface area (Å²) >= 11 is 0. The summed E-state index contributed by atoms with van der Waals surface area (Å²) in [6.45, 7) is 4.72. The second kappa shape index (κ2) is 6.97. The summed E-state index contributed by atoms with van der Waals surface area (Å²) in [6.07, 6.45) is 3.84. The van der Waals surface area contributed by atoms with Gasteiger partial charge in [0.1, 0.15) is 0 Å². The Bertz CT molecular complexity index is 452. The van der Waals surface area contributed by atoms with Gasteiger partial charge in [0, 0.05) is 32.5 Å². The molecule has 0 aliphatic heterocycles. The minimum Gasteiger partial charge on any atom is -0.355 e. The molecule has 0 unspecified atom stereocenters. The number of likely N-dealkylation sites (N-methyl/N-ethyl adjacent to an activating group) is 1. The molecule has 19 heavy (non-hydrogen) atoms. The van der Waals surface area contributed by atoms with E-state index in [-0.39, 0.29) is 18.4 Å². The maximum absolute atomic E-state index is 12.2. The fourth-order valence-electron chi connectivity index (χ4n) is 1.79. The Balaban J connectivity index is 2.53. The summed E-state index contributed by atoms with van der Waals surface area (Å²) < 4.78 is 1.89. The minimum atomic E-state index is -0.122. The predicted molar refractivity (Wildman–Crippen MR) is 75.0 cm³/mol. The van der Waals surface area contributed by atoms with Crippen molar-refractivity contribution in [1.82, 2.24) is 14.8 Å². The monoisotopic (exact) mass is 265 g/mol. The van der Waals surface area contributed by atoms with Crippen molar-refractivity contribution in [2.75, 3.05) is 20.1 Å². The van der Waals surface area contributed by atoms with Crippen LogP contribution in [0.4, 0.5) is 0 Å². The summed E-state index contributed by atoms with van der Waals surface area (Å²) in [5.41, 5.74) is 1.55. The van der Waals surface area contributed by atoms with Crippen molar-refractivity contribution in [3.63, 3.8) is 0 Å². The molecule has 0 fully saturated rings. The van der Waals surface area contributed by atoms with E-state index in [1.54, 1.807) is 13.1 Å². The van der Waals surface area contributed by atoms with Crippen molar-refractivity contribution < 1.29 is 9.59 Å². The van der Waals surface area contributed by atoms with Crippen molar-refractivity contribution in [1.29, 1.82) is 0 Å². The molecule has 0 aliphatic rings. The molecule has 1 heterocycles. The molecule has 0 aromatic carbocycles. The average molecular weight is 265 g/mol. The molecule has 0 radical (unpaired) electrons. The summed E-state index contributed by atoms with van der Waals surface area (Å²) in [5.74, 6) is -0.235. The van der Waals surface area contributed by atoms with Crippen molar-refractivity contribution in [2.45, 2.75) is 26.7 Å². The van der Waals surface area contributed by atoms with Gasteiger partial charge in [-0.1, -0.05) is 13.3 Å². The van der Waals surface area contributed by atoms with Crippen LogP contribution in [0.25, 0.3) is 0 Å². The number of aryl methyl sites for hydroxylation is 1. The molecule has 0 atom stereocenters. The van der Waals surface area contributed by atoms with Crippen molar-refractivity contribution in [3.8, 4) is 0 Å². The minimum absolute atomic E-state index is 0.0941. The van der Waals surface area contributed by atoms with Crippen molar-refractivity contribution in [3.05, 3.63) is 23.5 Å². The van der Waals surface area contributed by atoms with E-state index in [0.29, 0.717) is 12.1 Å². The molecule has 0 saturated carbocycles. The van der Waals surface area contributed by atoms with Gasteiger partial charge in [-0.25, -0.2) is 0 Å². The van der Waals surface area contributed by atoms with Gasteiger partial charge < -0.3 is 14.8 Å². The zero-order chi connectivity index (χ0) is 14.4. The summed E-state index contributed by atoms with van der Waals surface area (Å²) in [7, 11) is 3.54. The van der Waals surface area contributed by atoms with Crippen LogP contribution in [0.15, 0.2) is 12.3 Å². The largest absolute Gasteiger partial charge is 0.355 e. The van der Waals surface area contributed by atoms with E-state index in [0.717, 1.165) is 18.5 Å². The Kier molecular flexibility index (Phi) is 5.60. The van der Waals surface area contributed by atoms with Crippen LogP contribution < -0.4 is 5.32 Å². The fourth-order valence-corrected chi connectivity index (χ4v) is 1.79. The number of nitrogens with one attached hydrogen (secondary N) is 1. The van der Waals surface area contributed by atoms with E-state index in [1.165, 1.54) is 4.90 Å². The average Bonchev–Trinajstić information content (AvgIpc) is 2.69. The fraction of sp³-hybridized carbons (Fsp3) is 0.571. The second-order valence-corrected chi connectivity index (χ2v) is 4.79. The third-order valence-corrected chi connectivity index (χ3v) is 3.19. The van der Waals surface area contributed by atoms with Crippen LogP contribution in [0, 0.1) is 6.92 Å². The zero-order valence-electron chi connectivity index (χ0n) is 12.2. The lowest BCUT2D eigenvalue weighted by atomic mass is 10.2. The number of hydrogen-bond acceptors (Lipinski definition) is 2. The molecule has 0 saturated heterocycles. The third-order valence-electron chi connectivity index (χ3n) is 3.19. The Labute approximate surface area is 114 Å². The van der Waals surface area contributed by atoms with Gasteiger partial charge >= 0.3 is 0 Å². The van der Waals surface area contributed by atoms with Gasteiger partial charge in [0.2, 0.25) is 5.91 Å². The van der Waals surface area contributed by atoms with Gasteiger partial charge in [-0.05, 0) is 19.4 Å². The quantitative estimate of drug-likeness (QED) is 0.789. The molecule has 1 N–H and O–H groups in total. The number of aromatic nitrogens is 1. The highest BCUT2D eigenvalue weighted by molar-refractivity contribution is 5.97. The number of hydrogen-bond donors (Lipinski definition) is 1. The van der Waals surface area contributed by atoms with Gasteiger partial charge in [-0.2, -0.15) is 0 Å². The highest BCUT2D eigenvalue weighted by Gasteiger charge is 2.17. The number of nitrogens with zero attached hydrogens (tertiary/aromatic N) is 2. The summed E-state index contributed by atoms with van der Waals surface area (Å²) in [5, 5.41) is 2.80. The first-order valence-corrected chi connectivity index (χ1v) is 6.61. The highest BCUT2D eigenvalue weighted by Crippen LogP contribution is 2.10. The number of carbonyl (C=O) groups is 2. The number of carbonyl (C=O) groups excluding carboxylic acids is 2. The van der Waals surface area contributed by atoms with E-state index in [2.05, 4.69) is 12.2 Å². The molecular weight excluding hydrogens is 242 g/mol. The molecule has 1 aromatic rings. The van der Waals surface area contributed by atoms with Crippen LogP contribution in [-0.4, -0.2) is 41.4 Å². The number of rotatable bonds is 6. The first-order valence-electron chi connectivity index (χ1n) is 6.61. The lowest BCUT2D eigenvalue weighted by Gasteiger charge is -2.16. The molecule has 0 bridgehead atoms. The van der Waals surface area contributed by atoms with Gasteiger partial charge in [0.25, 0.3) is 5.91 Å². The summed E-state index contributed by atoms with van der Waals surface area (Å²) in [4.78, 5) is 25.3. The van der Waals surface area contributed by atoms with Crippen molar-refractivity contribution >= 4 is 11.8 Å². The van der Waals surface area contributed by atoms with E-state index in [4.69, 9.17) is 0 Å². The Morgan fingerprint density at radius 2 is 2.11 bits per heavy atom. The third kappa shape index (κ3) is 4.12. The van der Waals surface area contributed by atoms with E-state index >= 15 is 0 Å². The van der Waals surface area contributed by atoms with Crippen LogP contribution in [0.3, 0.4) is 0 Å². The Morgan fingerprint density at radius 1 is 1.42 bits per heavy atom. The smallest absolute Gasteiger partial charge is 0.255 e. The van der Waals surface area contributed by atoms with E-state index < -0.39 is 0 Å². The van der Waals surface area contributed by atoms with Gasteiger partial charge in [0.15, 0.2) is 0 Å². The molecular formula is C14H23N3O2. The van der Waals surface area contributed by atoms with Crippen LogP contribution in [0.5, 0.6) is 0 Å². The Hall–Kier alpha value is -1.78. The topological polar surface area (TPSA) is 54.3 Å². The molecule has 5 nitrogen and oxygen atoms in total. The zero-order valence-corrected chi connectivity index (χ0v) is 12.2. The standard InChI is InChI=1S/C14H23N3O2/c1-5-6-8-15-13(18)10-17(4)14(19)12-7-9-16(3)11(12)2/h7,9H,5-6,8,10H2,1-4H3,(H,15,18). The van der Waals surface area contributed by atoms with Gasteiger partial charge in [-0.15, -0.1) is 0 Å². The van der Waals surface area contributed by atoms with Gasteiger partial charge in [-0.3, -0.25) is 9.59 Å². The molecule has 1 rings (SSSR count). The molecule has 5 heteroatoms. The highest BCUT2D eigenvalue weighted by atomic mass is 16.2. The normalized spacial score (nSPS) is 10.3. The first kappa shape index (κ1) is 15.3. The van der Waals surface area contributed by atoms with Crippen LogP contribution in [0.2, 0.25) is 0 Å². The SMILES string of the molecule is CCCCNC(=O)CN(C)C(=O)c1ccn(C)c1C. The first-order chi connectivity index (χ1) is 8.97. The molecule has 1 aromatic heterocycles. The molecule has 106 valence electrons. The lowest BCUT2D eigenvalue weighted by Crippen LogP contribution is -2.38. The predicted octanol–water partition coefficient (Wildman–Crippen LogP) is 1.32. The van der Waals surface area contributed by atoms with Crippen molar-refractivity contribution in [2.24, 2.45) is 7.05 Å². The maximum Gasteiger partial charge on any atom is 0.255 e. The lowest BCUT2D eigenvalue weighted by molar-refractivity contribution is -0.121. The van der Waals surface area contributed by atoms with E-state index in [1.807, 2.05) is 24.7 Å². The summed E-state index contributed by atoms with van der Waals surface area (Å²) in [6, 6.07) is 1.78. The van der Waals surface area contributed by atoms with Crippen LogP contribution in [-0.2, 0) is 11.8 Å². The molecule has 0 spiro atoms. The van der Waals surface area contributed by atoms with E-state index in [9.17, 15) is 9.59 Å². The second-order valence-electron chi connectivity index (χ2n) is 4.79. The molecule has 0 aliphatic carbocycles. The maximum atomic E-state index is 12.2.